The van der Waals surface area contributed by atoms with Crippen molar-refractivity contribution in [1.82, 2.24) is 24.6 Å². The Bertz CT molecular complexity index is 861. The quantitative estimate of drug-likeness (QED) is 0.856. The second-order valence-electron chi connectivity index (χ2n) is 6.79. The van der Waals surface area contributed by atoms with E-state index in [9.17, 15) is 18.0 Å². The van der Waals surface area contributed by atoms with Crippen LogP contribution in [0, 0.1) is 0 Å². The van der Waals surface area contributed by atoms with Crippen LogP contribution in [0.3, 0.4) is 0 Å². The minimum absolute atomic E-state index is 0.0719. The number of amides is 1. The molecule has 1 amide bonds. The Balaban J connectivity index is 1.36. The maximum absolute atomic E-state index is 12.8. The highest BCUT2D eigenvalue weighted by Crippen LogP contribution is 2.29. The molecule has 4 heterocycles. The second-order valence-corrected chi connectivity index (χ2v) is 6.79. The molecule has 0 saturated carbocycles. The molecule has 28 heavy (non-hydrogen) atoms. The number of nitrogens with zero attached hydrogens (tertiary/aromatic N) is 5. The number of hydrogen-bond acceptors (Lipinski definition) is 6. The third-order valence-electron chi connectivity index (χ3n) is 4.87. The van der Waals surface area contributed by atoms with Crippen LogP contribution < -0.4 is 10.1 Å². The predicted octanol–water partition coefficient (Wildman–Crippen LogP) is 2.19. The number of likely N-dealkylation sites (tertiary alicyclic amines) is 1. The molecule has 0 aliphatic carbocycles. The van der Waals surface area contributed by atoms with Gasteiger partial charge in [0.1, 0.15) is 23.4 Å². The van der Waals surface area contributed by atoms with Crippen LogP contribution in [0.15, 0.2) is 18.6 Å². The molecule has 11 heteroatoms. The van der Waals surface area contributed by atoms with Crippen LogP contribution in [0.5, 0.6) is 5.88 Å². The van der Waals surface area contributed by atoms with Crippen LogP contribution in [-0.4, -0.2) is 56.3 Å². The lowest BCUT2D eigenvalue weighted by Crippen LogP contribution is -2.42. The Hall–Kier alpha value is -2.85. The van der Waals surface area contributed by atoms with Crippen LogP contribution in [0.25, 0.3) is 0 Å². The topological polar surface area (TPSA) is 85.2 Å². The monoisotopic (exact) mass is 396 g/mol. The SMILES string of the molecule is O=C(c1cnn2c1OCCC2)N1CCC(Nc2cc(C(F)(F)F)ncn2)CC1. The van der Waals surface area contributed by atoms with E-state index in [1.54, 1.807) is 9.58 Å². The highest BCUT2D eigenvalue weighted by Gasteiger charge is 2.33. The molecule has 2 aromatic heterocycles. The van der Waals surface area contributed by atoms with Gasteiger partial charge in [0, 0.05) is 38.2 Å². The zero-order valence-corrected chi connectivity index (χ0v) is 14.9. The number of alkyl halides is 3. The van der Waals surface area contributed by atoms with Gasteiger partial charge in [0.2, 0.25) is 5.88 Å². The van der Waals surface area contributed by atoms with E-state index < -0.39 is 11.9 Å². The number of aryl methyl sites for hydroxylation is 1. The fourth-order valence-corrected chi connectivity index (χ4v) is 3.41. The summed E-state index contributed by atoms with van der Waals surface area (Å²) in [7, 11) is 0. The van der Waals surface area contributed by atoms with E-state index in [2.05, 4.69) is 20.4 Å². The van der Waals surface area contributed by atoms with E-state index in [-0.39, 0.29) is 17.8 Å². The first-order chi connectivity index (χ1) is 13.4. The summed E-state index contributed by atoms with van der Waals surface area (Å²) in [6, 6.07) is 0.825. The number of ether oxygens (including phenoxy) is 1. The Morgan fingerprint density at radius 2 is 2.00 bits per heavy atom. The second kappa shape index (κ2) is 7.28. The molecule has 4 rings (SSSR count). The highest BCUT2D eigenvalue weighted by molar-refractivity contribution is 5.96. The number of carbonyl (C=O) groups excluding carboxylic acids is 1. The van der Waals surface area contributed by atoms with Gasteiger partial charge in [-0.05, 0) is 12.8 Å². The summed E-state index contributed by atoms with van der Waals surface area (Å²) in [5.74, 6) is 0.506. The van der Waals surface area contributed by atoms with E-state index in [0.717, 1.165) is 25.4 Å². The number of piperidine rings is 1. The number of nitrogens with one attached hydrogen (secondary N) is 1. The first-order valence-electron chi connectivity index (χ1n) is 9.05. The number of hydrogen-bond donors (Lipinski definition) is 1. The lowest BCUT2D eigenvalue weighted by atomic mass is 10.0. The first-order valence-corrected chi connectivity index (χ1v) is 9.05. The van der Waals surface area contributed by atoms with E-state index in [1.165, 1.54) is 6.20 Å². The van der Waals surface area contributed by atoms with E-state index in [1.807, 2.05) is 0 Å². The summed E-state index contributed by atoms with van der Waals surface area (Å²) in [6.07, 6.45) is -0.0246. The molecule has 8 nitrogen and oxygen atoms in total. The Morgan fingerprint density at radius 3 is 2.75 bits per heavy atom. The summed E-state index contributed by atoms with van der Waals surface area (Å²) in [5.41, 5.74) is -0.527. The summed E-state index contributed by atoms with van der Waals surface area (Å²) in [4.78, 5) is 21.6. The minimum atomic E-state index is -4.51. The molecule has 0 aromatic carbocycles. The van der Waals surface area contributed by atoms with Crippen molar-refractivity contribution in [2.24, 2.45) is 0 Å². The van der Waals surface area contributed by atoms with Crippen molar-refractivity contribution in [1.29, 1.82) is 0 Å². The maximum Gasteiger partial charge on any atom is 0.433 e. The van der Waals surface area contributed by atoms with Gasteiger partial charge in [-0.2, -0.15) is 18.3 Å². The molecule has 1 fully saturated rings. The molecule has 2 aromatic rings. The smallest absolute Gasteiger partial charge is 0.433 e. The Morgan fingerprint density at radius 1 is 1.21 bits per heavy atom. The fourth-order valence-electron chi connectivity index (χ4n) is 3.41. The number of halogens is 3. The van der Waals surface area contributed by atoms with Gasteiger partial charge in [-0.3, -0.25) is 4.79 Å². The third-order valence-corrected chi connectivity index (χ3v) is 4.87. The summed E-state index contributed by atoms with van der Waals surface area (Å²) >= 11 is 0. The first kappa shape index (κ1) is 18.5. The summed E-state index contributed by atoms with van der Waals surface area (Å²) < 4.78 is 45.6. The number of aromatic nitrogens is 4. The summed E-state index contributed by atoms with van der Waals surface area (Å²) in [5, 5.41) is 7.20. The van der Waals surface area contributed by atoms with Crippen LogP contribution in [0.1, 0.15) is 35.3 Å². The lowest BCUT2D eigenvalue weighted by Gasteiger charge is -2.32. The third kappa shape index (κ3) is 3.73. The van der Waals surface area contributed by atoms with Crippen molar-refractivity contribution in [3.8, 4) is 5.88 Å². The molecule has 150 valence electrons. The maximum atomic E-state index is 12.8. The van der Waals surface area contributed by atoms with Gasteiger partial charge in [-0.15, -0.1) is 0 Å². The Kier molecular flexibility index (Phi) is 4.82. The van der Waals surface area contributed by atoms with Crippen molar-refractivity contribution in [3.63, 3.8) is 0 Å². The van der Waals surface area contributed by atoms with Gasteiger partial charge >= 0.3 is 6.18 Å². The summed E-state index contributed by atoms with van der Waals surface area (Å²) in [6.45, 7) is 2.26. The van der Waals surface area contributed by atoms with Gasteiger partial charge in [-0.25, -0.2) is 14.6 Å². The molecular weight excluding hydrogens is 377 g/mol. The van der Waals surface area contributed by atoms with E-state index in [4.69, 9.17) is 4.74 Å². The average molecular weight is 396 g/mol. The predicted molar refractivity (Wildman–Crippen MR) is 91.9 cm³/mol. The van der Waals surface area contributed by atoms with Crippen molar-refractivity contribution in [2.45, 2.75) is 38.0 Å². The highest BCUT2D eigenvalue weighted by atomic mass is 19.4. The normalized spacial score (nSPS) is 17.8. The molecule has 0 atom stereocenters. The molecule has 0 radical (unpaired) electrons. The van der Waals surface area contributed by atoms with E-state index >= 15 is 0 Å². The van der Waals surface area contributed by atoms with Crippen LogP contribution in [-0.2, 0) is 12.7 Å². The molecule has 0 unspecified atom stereocenters. The molecule has 2 aliphatic rings. The standard InChI is InChI=1S/C17H19F3N6O2/c18-17(19,20)13-8-14(22-10-21-13)24-11-2-5-25(6-3-11)15(27)12-9-23-26-4-1-7-28-16(12)26/h8-11H,1-7H2,(H,21,22,24). The molecule has 0 bridgehead atoms. The number of rotatable bonds is 3. The van der Waals surface area contributed by atoms with Crippen molar-refractivity contribution in [3.05, 3.63) is 29.8 Å². The van der Waals surface area contributed by atoms with Crippen molar-refractivity contribution < 1.29 is 22.7 Å². The molecule has 0 spiro atoms. The minimum Gasteiger partial charge on any atom is -0.477 e. The number of fused-ring (bicyclic) bond motifs is 1. The van der Waals surface area contributed by atoms with Gasteiger partial charge < -0.3 is 15.0 Å². The number of anilines is 1. The molecule has 2 aliphatic heterocycles. The zero-order chi connectivity index (χ0) is 19.7. The van der Waals surface area contributed by atoms with Gasteiger partial charge in [0.05, 0.1) is 12.8 Å². The fraction of sp³-hybridized carbons (Fsp3) is 0.529. The largest absolute Gasteiger partial charge is 0.477 e. The van der Waals surface area contributed by atoms with Crippen LogP contribution in [0.2, 0.25) is 0 Å². The lowest BCUT2D eigenvalue weighted by molar-refractivity contribution is -0.141. The van der Waals surface area contributed by atoms with Crippen molar-refractivity contribution in [2.75, 3.05) is 25.0 Å². The van der Waals surface area contributed by atoms with Crippen LogP contribution >= 0.6 is 0 Å². The van der Waals surface area contributed by atoms with Gasteiger partial charge in [0.15, 0.2) is 0 Å². The Labute approximate surface area is 158 Å². The molecular formula is C17H19F3N6O2. The van der Waals surface area contributed by atoms with Gasteiger partial charge in [-0.1, -0.05) is 0 Å². The molecule has 1 saturated heterocycles. The van der Waals surface area contributed by atoms with E-state index in [0.29, 0.717) is 44.0 Å². The number of carbonyl (C=O) groups is 1. The zero-order valence-electron chi connectivity index (χ0n) is 14.9. The van der Waals surface area contributed by atoms with Crippen molar-refractivity contribution >= 4 is 11.7 Å². The van der Waals surface area contributed by atoms with Gasteiger partial charge in [0.25, 0.3) is 5.91 Å². The molecule has 1 N–H and O–H groups in total. The van der Waals surface area contributed by atoms with Crippen LogP contribution in [0.4, 0.5) is 19.0 Å². The average Bonchev–Trinajstić information content (AvgIpc) is 3.12.